The topological polar surface area (TPSA) is 23.5 Å². The zero-order valence-electron chi connectivity index (χ0n) is 5.75. The lowest BCUT2D eigenvalue weighted by Crippen LogP contribution is -2.33. The van der Waals surface area contributed by atoms with Crippen molar-refractivity contribution in [3.63, 3.8) is 0 Å². The molecule has 0 bridgehead atoms. The van der Waals surface area contributed by atoms with Crippen molar-refractivity contribution >= 4 is 0 Å². The van der Waals surface area contributed by atoms with Gasteiger partial charge in [-0.1, -0.05) is 12.2 Å². The van der Waals surface area contributed by atoms with Crippen molar-refractivity contribution < 1.29 is 5.11 Å². The van der Waals surface area contributed by atoms with Crippen LogP contribution in [0, 0.1) is 0 Å². The first-order chi connectivity index (χ1) is 4.34. The third-order valence-corrected chi connectivity index (χ3v) is 1.73. The van der Waals surface area contributed by atoms with Gasteiger partial charge in [-0.3, -0.25) is 4.90 Å². The third-order valence-electron chi connectivity index (χ3n) is 1.73. The van der Waals surface area contributed by atoms with Gasteiger partial charge in [0.05, 0.1) is 6.61 Å². The average Bonchev–Trinajstić information content (AvgIpc) is 2.37. The Balaban J connectivity index is 2.27. The fraction of sp³-hybridized carbons (Fsp3) is 0.714. The normalized spacial score (nSPS) is 22.9. The van der Waals surface area contributed by atoms with Gasteiger partial charge in [-0.2, -0.15) is 0 Å². The number of rotatable bonds is 2. The summed E-state index contributed by atoms with van der Waals surface area (Å²) in [6.07, 6.45) is 4.26. The van der Waals surface area contributed by atoms with Crippen molar-refractivity contribution in [1.29, 1.82) is 0 Å². The summed E-state index contributed by atoms with van der Waals surface area (Å²) in [5, 5.41) is 8.73. The molecule has 0 aromatic heterocycles. The fourth-order valence-electron chi connectivity index (χ4n) is 0.970. The quantitative estimate of drug-likeness (QED) is 0.537. The van der Waals surface area contributed by atoms with Gasteiger partial charge in [0.2, 0.25) is 0 Å². The minimum atomic E-state index is 0.266. The van der Waals surface area contributed by atoms with E-state index in [0.717, 1.165) is 13.1 Å². The van der Waals surface area contributed by atoms with Gasteiger partial charge in [0.15, 0.2) is 0 Å². The molecular weight excluding hydrogens is 114 g/mol. The number of hydrogen-bond acceptors (Lipinski definition) is 2. The number of hydrogen-bond donors (Lipinski definition) is 1. The Bertz CT molecular complexity index is 103. The summed E-state index contributed by atoms with van der Waals surface area (Å²) in [6, 6.07) is 0.319. The van der Waals surface area contributed by atoms with Gasteiger partial charge in [0.25, 0.3) is 0 Å². The minimum absolute atomic E-state index is 0.266. The molecule has 1 N–H and O–H groups in total. The summed E-state index contributed by atoms with van der Waals surface area (Å²) in [4.78, 5) is 2.22. The predicted octanol–water partition coefficient (Wildman–Crippen LogP) is 0.239. The van der Waals surface area contributed by atoms with E-state index in [1.807, 2.05) is 6.92 Å². The second kappa shape index (κ2) is 2.99. The molecule has 1 atom stereocenters. The summed E-state index contributed by atoms with van der Waals surface area (Å²) in [6.45, 7) is 4.30. The number of aliphatic hydroxyl groups is 1. The first kappa shape index (κ1) is 6.78. The Morgan fingerprint density at radius 1 is 1.56 bits per heavy atom. The van der Waals surface area contributed by atoms with E-state index in [0.29, 0.717) is 6.04 Å². The van der Waals surface area contributed by atoms with Crippen LogP contribution in [0.3, 0.4) is 0 Å². The molecule has 0 spiro atoms. The van der Waals surface area contributed by atoms with E-state index in [1.54, 1.807) is 0 Å². The largest absolute Gasteiger partial charge is 0.395 e. The second-order valence-corrected chi connectivity index (χ2v) is 2.46. The van der Waals surface area contributed by atoms with Crippen molar-refractivity contribution in [3.05, 3.63) is 12.2 Å². The van der Waals surface area contributed by atoms with E-state index in [2.05, 4.69) is 17.1 Å². The molecule has 1 aliphatic heterocycles. The molecule has 0 unspecified atom stereocenters. The van der Waals surface area contributed by atoms with E-state index in [-0.39, 0.29) is 6.61 Å². The van der Waals surface area contributed by atoms with Gasteiger partial charge < -0.3 is 5.11 Å². The lowest BCUT2D eigenvalue weighted by atomic mass is 10.3. The monoisotopic (exact) mass is 127 g/mol. The van der Waals surface area contributed by atoms with Crippen LogP contribution in [-0.4, -0.2) is 35.7 Å². The molecule has 0 aromatic carbocycles. The molecule has 0 saturated carbocycles. The van der Waals surface area contributed by atoms with Gasteiger partial charge in [-0.15, -0.1) is 0 Å². The van der Waals surface area contributed by atoms with Crippen LogP contribution >= 0.6 is 0 Å². The highest BCUT2D eigenvalue weighted by Crippen LogP contribution is 2.03. The Kier molecular flexibility index (Phi) is 2.25. The Morgan fingerprint density at radius 3 is 2.56 bits per heavy atom. The highest BCUT2D eigenvalue weighted by molar-refractivity contribution is 4.96. The van der Waals surface area contributed by atoms with Crippen LogP contribution in [-0.2, 0) is 0 Å². The molecule has 0 fully saturated rings. The van der Waals surface area contributed by atoms with E-state index < -0.39 is 0 Å². The molecule has 52 valence electrons. The molecule has 2 heteroatoms. The highest BCUT2D eigenvalue weighted by atomic mass is 16.3. The molecule has 9 heavy (non-hydrogen) atoms. The molecule has 0 aliphatic carbocycles. The summed E-state index contributed by atoms with van der Waals surface area (Å²) in [7, 11) is 0. The zero-order chi connectivity index (χ0) is 6.69. The van der Waals surface area contributed by atoms with Gasteiger partial charge in [-0.25, -0.2) is 0 Å². The maximum Gasteiger partial charge on any atom is 0.0584 e. The molecule has 0 amide bonds. The van der Waals surface area contributed by atoms with Crippen molar-refractivity contribution in [2.24, 2.45) is 0 Å². The lowest BCUT2D eigenvalue weighted by Gasteiger charge is -2.20. The van der Waals surface area contributed by atoms with Gasteiger partial charge in [-0.05, 0) is 6.92 Å². The van der Waals surface area contributed by atoms with E-state index in [1.165, 1.54) is 0 Å². The zero-order valence-corrected chi connectivity index (χ0v) is 5.75. The van der Waals surface area contributed by atoms with Gasteiger partial charge in [0, 0.05) is 19.1 Å². The Hall–Kier alpha value is -0.340. The van der Waals surface area contributed by atoms with E-state index >= 15 is 0 Å². The highest BCUT2D eigenvalue weighted by Gasteiger charge is 2.11. The smallest absolute Gasteiger partial charge is 0.0584 e. The Morgan fingerprint density at radius 2 is 2.11 bits per heavy atom. The molecule has 0 radical (unpaired) electrons. The van der Waals surface area contributed by atoms with Crippen LogP contribution in [0.5, 0.6) is 0 Å². The molecule has 0 aromatic rings. The van der Waals surface area contributed by atoms with Crippen molar-refractivity contribution in [1.82, 2.24) is 4.90 Å². The first-order valence-electron chi connectivity index (χ1n) is 3.34. The van der Waals surface area contributed by atoms with Crippen molar-refractivity contribution in [2.45, 2.75) is 13.0 Å². The second-order valence-electron chi connectivity index (χ2n) is 2.46. The lowest BCUT2D eigenvalue weighted by molar-refractivity contribution is 0.163. The number of aliphatic hydroxyl groups excluding tert-OH is 1. The van der Waals surface area contributed by atoms with Gasteiger partial charge >= 0.3 is 0 Å². The SMILES string of the molecule is C[C@H](CO)N1CC=CC1. The van der Waals surface area contributed by atoms with Crippen molar-refractivity contribution in [3.8, 4) is 0 Å². The van der Waals surface area contributed by atoms with Crippen molar-refractivity contribution in [2.75, 3.05) is 19.7 Å². The summed E-state index contributed by atoms with van der Waals surface area (Å²) in [5.74, 6) is 0. The van der Waals surface area contributed by atoms with Gasteiger partial charge in [0.1, 0.15) is 0 Å². The molecule has 1 heterocycles. The van der Waals surface area contributed by atoms with Crippen LogP contribution in [0.25, 0.3) is 0 Å². The maximum absolute atomic E-state index is 8.73. The van der Waals surface area contributed by atoms with Crippen LogP contribution in [0.1, 0.15) is 6.92 Å². The average molecular weight is 127 g/mol. The predicted molar refractivity (Wildman–Crippen MR) is 37.3 cm³/mol. The maximum atomic E-state index is 8.73. The first-order valence-corrected chi connectivity index (χ1v) is 3.34. The summed E-state index contributed by atoms with van der Waals surface area (Å²) in [5.41, 5.74) is 0. The summed E-state index contributed by atoms with van der Waals surface area (Å²) < 4.78 is 0. The fourth-order valence-corrected chi connectivity index (χ4v) is 0.970. The minimum Gasteiger partial charge on any atom is -0.395 e. The third kappa shape index (κ3) is 1.53. The Labute approximate surface area is 55.8 Å². The molecule has 0 saturated heterocycles. The van der Waals surface area contributed by atoms with Crippen LogP contribution < -0.4 is 0 Å². The molecule has 1 aliphatic rings. The van der Waals surface area contributed by atoms with E-state index in [9.17, 15) is 0 Å². The molecule has 1 rings (SSSR count). The van der Waals surface area contributed by atoms with Crippen LogP contribution in [0.2, 0.25) is 0 Å². The van der Waals surface area contributed by atoms with E-state index in [4.69, 9.17) is 5.11 Å². The molecular formula is C7H13NO. The number of nitrogens with zero attached hydrogens (tertiary/aromatic N) is 1. The van der Waals surface area contributed by atoms with Crippen LogP contribution in [0.15, 0.2) is 12.2 Å². The molecule has 2 nitrogen and oxygen atoms in total. The standard InChI is InChI=1S/C7H13NO/c1-7(6-9)8-4-2-3-5-8/h2-3,7,9H,4-6H2,1H3/t7-/m1/s1. The summed E-state index contributed by atoms with van der Waals surface area (Å²) >= 11 is 0. The van der Waals surface area contributed by atoms with Crippen LogP contribution in [0.4, 0.5) is 0 Å².